The van der Waals surface area contributed by atoms with E-state index < -0.39 is 21.1 Å². The molecule has 0 aromatic carbocycles. The number of rotatable bonds is 7. The molecular weight excluding hydrogens is 446 g/mol. The number of nitrogens with one attached hydrogen (secondary N) is 1. The van der Waals surface area contributed by atoms with Gasteiger partial charge in [-0.1, -0.05) is 0 Å². The molecule has 4 heterocycles. The molecule has 2 fully saturated rings. The van der Waals surface area contributed by atoms with Gasteiger partial charge in [-0.3, -0.25) is 9.78 Å². The topological polar surface area (TPSA) is 155 Å². The summed E-state index contributed by atoms with van der Waals surface area (Å²) in [6, 6.07) is 0.646. The molecular formula is C21H25N7O4S. The number of aromatic nitrogens is 5. The van der Waals surface area contributed by atoms with E-state index in [0.717, 1.165) is 12.8 Å². The van der Waals surface area contributed by atoms with Crippen LogP contribution in [0, 0.1) is 5.92 Å². The molecule has 1 amide bonds. The molecule has 0 spiro atoms. The van der Waals surface area contributed by atoms with E-state index in [1.54, 1.807) is 0 Å². The molecule has 33 heavy (non-hydrogen) atoms. The molecule has 0 bridgehead atoms. The van der Waals surface area contributed by atoms with Crippen LogP contribution in [0.1, 0.15) is 38.1 Å². The lowest BCUT2D eigenvalue weighted by Crippen LogP contribution is -2.31. The van der Waals surface area contributed by atoms with Crippen LogP contribution >= 0.6 is 0 Å². The Morgan fingerprint density at radius 1 is 1.21 bits per heavy atom. The molecule has 5 rings (SSSR count). The zero-order chi connectivity index (χ0) is 23.0. The van der Waals surface area contributed by atoms with E-state index in [0.29, 0.717) is 43.7 Å². The summed E-state index contributed by atoms with van der Waals surface area (Å²) in [7, 11) is -3.53. The average Bonchev–Trinajstić information content (AvgIpc) is 3.60. The largest absolute Gasteiger partial charge is 0.384 e. The van der Waals surface area contributed by atoms with Crippen molar-refractivity contribution in [3.05, 3.63) is 30.9 Å². The average molecular weight is 472 g/mol. The van der Waals surface area contributed by atoms with Gasteiger partial charge in [-0.05, 0) is 44.1 Å². The van der Waals surface area contributed by atoms with Crippen molar-refractivity contribution < 1.29 is 17.9 Å². The summed E-state index contributed by atoms with van der Waals surface area (Å²) in [5, 5.41) is 7.19. The van der Waals surface area contributed by atoms with Gasteiger partial charge >= 0.3 is 0 Å². The molecule has 3 aromatic heterocycles. The maximum Gasteiger partial charge on any atom is 0.250 e. The Bertz CT molecular complexity index is 1270. The van der Waals surface area contributed by atoms with E-state index in [9.17, 15) is 13.2 Å². The Balaban J connectivity index is 1.55. The van der Waals surface area contributed by atoms with Gasteiger partial charge in [-0.15, -0.1) is 0 Å². The number of hydrogen-bond acceptors (Lipinski definition) is 9. The third-order valence-electron chi connectivity index (χ3n) is 6.13. The minimum atomic E-state index is -3.53. The van der Waals surface area contributed by atoms with Crippen molar-refractivity contribution in [1.82, 2.24) is 24.7 Å². The highest BCUT2D eigenvalue weighted by atomic mass is 32.2. The monoisotopic (exact) mass is 471 g/mol. The van der Waals surface area contributed by atoms with Crippen molar-refractivity contribution in [1.29, 1.82) is 0 Å². The number of nitrogens with two attached hydrogens (primary N) is 1. The summed E-state index contributed by atoms with van der Waals surface area (Å²) in [5.74, 6) is 0.303. The van der Waals surface area contributed by atoms with E-state index in [1.807, 2.05) is 0 Å². The quantitative estimate of drug-likeness (QED) is 0.524. The van der Waals surface area contributed by atoms with Gasteiger partial charge in [-0.25, -0.2) is 23.1 Å². The molecule has 1 aliphatic heterocycles. The molecule has 1 unspecified atom stereocenters. The van der Waals surface area contributed by atoms with Crippen LogP contribution in [-0.4, -0.2) is 57.5 Å². The lowest BCUT2D eigenvalue weighted by molar-refractivity contribution is -0.120. The molecule has 1 saturated carbocycles. The van der Waals surface area contributed by atoms with Crippen LogP contribution in [0.2, 0.25) is 0 Å². The SMILES string of the molecule is Nc1cc(S(=O)(=O)C2CC2)c2cnn(C(CC3CCOCC3)C(=O)Nc3cnccn3)c2n1. The zero-order valence-electron chi connectivity index (χ0n) is 17.9. The second kappa shape index (κ2) is 8.67. The standard InChI is InChI=1S/C21H25N7O4S/c22-18-10-17(33(30,31)14-1-2-14)15-11-25-28(20(15)26-18)16(9-13-3-7-32-8-4-13)21(29)27-19-12-23-5-6-24-19/h5-6,10-14,16H,1-4,7-9H2,(H2,22,26)(H,24,27,29). The fourth-order valence-electron chi connectivity index (χ4n) is 4.22. The minimum absolute atomic E-state index is 0.0719. The highest BCUT2D eigenvalue weighted by Gasteiger charge is 2.39. The lowest BCUT2D eigenvalue weighted by Gasteiger charge is -2.26. The van der Waals surface area contributed by atoms with Crippen molar-refractivity contribution in [2.45, 2.75) is 48.3 Å². The second-order valence-corrected chi connectivity index (χ2v) is 10.7. The van der Waals surface area contributed by atoms with Crippen LogP contribution < -0.4 is 11.1 Å². The Morgan fingerprint density at radius 3 is 2.70 bits per heavy atom. The predicted molar refractivity (Wildman–Crippen MR) is 120 cm³/mol. The number of carbonyl (C=O) groups is 1. The maximum atomic E-state index is 13.4. The zero-order valence-corrected chi connectivity index (χ0v) is 18.7. The number of sulfone groups is 1. The van der Waals surface area contributed by atoms with E-state index in [4.69, 9.17) is 10.5 Å². The second-order valence-electron chi connectivity index (χ2n) is 8.50. The predicted octanol–water partition coefficient (Wildman–Crippen LogP) is 1.74. The molecule has 2 aliphatic rings. The maximum absolute atomic E-state index is 13.4. The molecule has 174 valence electrons. The highest BCUT2D eigenvalue weighted by molar-refractivity contribution is 7.92. The molecule has 12 heteroatoms. The van der Waals surface area contributed by atoms with Crippen molar-refractivity contribution in [2.24, 2.45) is 5.92 Å². The third-order valence-corrected chi connectivity index (χ3v) is 8.43. The Morgan fingerprint density at radius 2 is 2.00 bits per heavy atom. The number of carbonyl (C=O) groups excluding carboxylic acids is 1. The Hall–Kier alpha value is -3.12. The number of anilines is 2. The van der Waals surface area contributed by atoms with E-state index in [-0.39, 0.29) is 28.2 Å². The van der Waals surface area contributed by atoms with E-state index in [2.05, 4.69) is 25.4 Å². The van der Waals surface area contributed by atoms with Crippen molar-refractivity contribution in [3.8, 4) is 0 Å². The molecule has 0 radical (unpaired) electrons. The summed E-state index contributed by atoms with van der Waals surface area (Å²) in [5.41, 5.74) is 6.28. The summed E-state index contributed by atoms with van der Waals surface area (Å²) in [6.07, 6.45) is 9.34. The van der Waals surface area contributed by atoms with Gasteiger partial charge in [0.1, 0.15) is 11.9 Å². The van der Waals surface area contributed by atoms with Crippen molar-refractivity contribution in [2.75, 3.05) is 24.3 Å². The summed E-state index contributed by atoms with van der Waals surface area (Å²) >= 11 is 0. The van der Waals surface area contributed by atoms with Gasteiger partial charge in [0.05, 0.1) is 27.9 Å². The van der Waals surface area contributed by atoms with Crippen LogP contribution in [0.15, 0.2) is 35.7 Å². The summed E-state index contributed by atoms with van der Waals surface area (Å²) in [6.45, 7) is 1.27. The molecule has 3 aromatic rings. The number of hydrogen-bond donors (Lipinski definition) is 2. The smallest absolute Gasteiger partial charge is 0.250 e. The van der Waals surface area contributed by atoms with Gasteiger partial charge in [0.2, 0.25) is 0 Å². The van der Waals surface area contributed by atoms with Gasteiger partial charge in [0.25, 0.3) is 5.91 Å². The third kappa shape index (κ3) is 4.40. The first kappa shape index (κ1) is 21.7. The van der Waals surface area contributed by atoms with E-state index >= 15 is 0 Å². The Kier molecular flexibility index (Phi) is 5.71. The van der Waals surface area contributed by atoms with Gasteiger partial charge < -0.3 is 15.8 Å². The Labute approximate surface area is 190 Å². The number of amides is 1. The van der Waals surface area contributed by atoms with Crippen molar-refractivity contribution in [3.63, 3.8) is 0 Å². The lowest BCUT2D eigenvalue weighted by atomic mass is 9.92. The molecule has 11 nitrogen and oxygen atoms in total. The number of pyridine rings is 1. The normalized spacial score (nSPS) is 18.3. The molecule has 1 saturated heterocycles. The molecule has 1 aliphatic carbocycles. The van der Waals surface area contributed by atoms with E-state index in [1.165, 1.54) is 35.5 Å². The van der Waals surface area contributed by atoms with Crippen molar-refractivity contribution >= 4 is 38.4 Å². The number of ether oxygens (including phenoxy) is 1. The number of fused-ring (bicyclic) bond motifs is 1. The summed E-state index contributed by atoms with van der Waals surface area (Å²) < 4.78 is 32.9. The molecule has 1 atom stereocenters. The molecule has 3 N–H and O–H groups in total. The fraction of sp³-hybridized carbons (Fsp3) is 0.476. The first-order valence-electron chi connectivity index (χ1n) is 11.0. The highest BCUT2D eigenvalue weighted by Crippen LogP contribution is 2.38. The van der Waals surface area contributed by atoms with Crippen LogP contribution in [0.5, 0.6) is 0 Å². The van der Waals surface area contributed by atoms with Crippen LogP contribution in [0.3, 0.4) is 0 Å². The number of nitrogen functional groups attached to an aromatic ring is 1. The number of nitrogens with zero attached hydrogens (tertiary/aromatic N) is 5. The first-order valence-corrected chi connectivity index (χ1v) is 12.5. The van der Waals surface area contributed by atoms with Crippen LogP contribution in [-0.2, 0) is 19.4 Å². The first-order chi connectivity index (χ1) is 15.9. The summed E-state index contributed by atoms with van der Waals surface area (Å²) in [4.78, 5) is 26.0. The van der Waals surface area contributed by atoms with Gasteiger partial charge in [-0.2, -0.15) is 5.10 Å². The minimum Gasteiger partial charge on any atom is -0.384 e. The van der Waals surface area contributed by atoms with Crippen LogP contribution in [0.4, 0.5) is 11.6 Å². The van der Waals surface area contributed by atoms with Crippen LogP contribution in [0.25, 0.3) is 11.0 Å². The fourth-order valence-corrected chi connectivity index (χ4v) is 6.07. The van der Waals surface area contributed by atoms with Gasteiger partial charge in [0.15, 0.2) is 21.3 Å². The van der Waals surface area contributed by atoms with Gasteiger partial charge in [0, 0.05) is 25.6 Å².